The van der Waals surface area contributed by atoms with Crippen LogP contribution in [0, 0.1) is 6.07 Å². The van der Waals surface area contributed by atoms with Crippen molar-refractivity contribution >= 4 is 71.3 Å². The molecule has 0 unspecified atom stereocenters. The Balaban J connectivity index is 0.00000520. The molecule has 12 rings (SSSR count). The van der Waals surface area contributed by atoms with Crippen LogP contribution in [-0.2, 0) is 37.3 Å². The van der Waals surface area contributed by atoms with E-state index in [1.54, 1.807) is 0 Å². The Morgan fingerprint density at radius 1 is 0.551 bits per heavy atom. The molecule has 0 bridgehead atoms. The average Bonchev–Trinajstić information content (AvgIpc) is 4.02. The summed E-state index contributed by atoms with van der Waals surface area (Å²) >= 11 is 0. The van der Waals surface area contributed by atoms with Gasteiger partial charge < -0.3 is 13.9 Å². The van der Waals surface area contributed by atoms with Crippen molar-refractivity contribution < 1.29 is 30.6 Å². The number of phenols is 1. The fourth-order valence-corrected chi connectivity index (χ4v) is 10.3. The van der Waals surface area contributed by atoms with Crippen molar-refractivity contribution in [2.45, 2.75) is 78.6 Å². The Morgan fingerprint density at radius 2 is 1.25 bits per heavy atom. The molecule has 0 aliphatic rings. The van der Waals surface area contributed by atoms with Crippen molar-refractivity contribution in [2.75, 3.05) is 0 Å². The summed E-state index contributed by atoms with van der Waals surface area (Å²) in [5, 5.41) is 17.7. The van der Waals surface area contributed by atoms with Crippen molar-refractivity contribution in [3.8, 4) is 45.1 Å². The fourth-order valence-electron chi connectivity index (χ4n) is 10.3. The summed E-state index contributed by atoms with van der Waals surface area (Å²) in [4.78, 5) is 11.0. The second-order valence-corrected chi connectivity index (χ2v) is 21.6. The quantitative estimate of drug-likeness (QED) is 0.141. The summed E-state index contributed by atoms with van der Waals surface area (Å²) in [6.07, 6.45) is 0. The van der Waals surface area contributed by atoms with E-state index in [-0.39, 0.29) is 43.1 Å². The molecular formula is C62H53N4O2Pt-. The second-order valence-electron chi connectivity index (χ2n) is 21.6. The van der Waals surface area contributed by atoms with Gasteiger partial charge in [-0.25, -0.2) is 4.98 Å². The predicted molar refractivity (Wildman–Crippen MR) is 283 cm³/mol. The molecule has 0 aliphatic carbocycles. The Hall–Kier alpha value is -7.01. The number of nitrogens with zero attached hydrogens (tertiary/aromatic N) is 4. The first-order valence-corrected chi connectivity index (χ1v) is 23.6. The van der Waals surface area contributed by atoms with Crippen molar-refractivity contribution in [3.63, 3.8) is 0 Å². The maximum atomic E-state index is 12.6. The van der Waals surface area contributed by atoms with Crippen LogP contribution in [0.5, 0.6) is 5.75 Å². The van der Waals surface area contributed by atoms with Gasteiger partial charge in [-0.3, -0.25) is 9.55 Å². The van der Waals surface area contributed by atoms with Crippen LogP contribution < -0.4 is 0 Å². The zero-order valence-corrected chi connectivity index (χ0v) is 42.7. The topological polar surface area (TPSA) is 68.5 Å². The number of imidazole rings is 2. The van der Waals surface area contributed by atoms with E-state index in [2.05, 4.69) is 211 Å². The van der Waals surface area contributed by atoms with Gasteiger partial charge in [0.05, 0.1) is 39.0 Å². The molecule has 8 aromatic carbocycles. The third-order valence-corrected chi connectivity index (χ3v) is 14.0. The van der Waals surface area contributed by atoms with E-state index in [1.807, 2.05) is 18.2 Å². The molecule has 0 saturated carbocycles. The molecule has 0 aliphatic heterocycles. The number of aromatic hydroxyl groups is 1. The third kappa shape index (κ3) is 7.01. The van der Waals surface area contributed by atoms with E-state index in [0.29, 0.717) is 11.4 Å². The normalized spacial score (nSPS) is 12.7. The Morgan fingerprint density at radius 3 is 2.01 bits per heavy atom. The van der Waals surface area contributed by atoms with Crippen LogP contribution in [0.3, 0.4) is 0 Å². The van der Waals surface area contributed by atoms with Gasteiger partial charge in [0.25, 0.3) is 0 Å². The number of hydrogen-bond acceptors (Lipinski definition) is 4. The molecule has 0 atom stereocenters. The van der Waals surface area contributed by atoms with E-state index < -0.39 is 0 Å². The number of aromatic nitrogens is 4. The first kappa shape index (κ1) is 44.5. The van der Waals surface area contributed by atoms with Gasteiger partial charge >= 0.3 is 0 Å². The molecule has 7 heteroatoms. The van der Waals surface area contributed by atoms with Gasteiger partial charge in [0, 0.05) is 53.9 Å². The van der Waals surface area contributed by atoms with E-state index in [9.17, 15) is 5.11 Å². The third-order valence-electron chi connectivity index (χ3n) is 14.0. The van der Waals surface area contributed by atoms with Gasteiger partial charge in [-0.15, -0.1) is 23.8 Å². The molecule has 12 aromatic rings. The zero-order valence-electron chi connectivity index (χ0n) is 40.4. The number of fused-ring (bicyclic) bond motifs is 13. The van der Waals surface area contributed by atoms with Crippen molar-refractivity contribution in [2.24, 2.45) is 0 Å². The molecule has 0 amide bonds. The summed E-state index contributed by atoms with van der Waals surface area (Å²) < 4.78 is 11.3. The molecule has 0 spiro atoms. The number of phenolic OH excluding ortho intramolecular Hbond substituents is 1. The summed E-state index contributed by atoms with van der Waals surface area (Å²) in [7, 11) is 0. The van der Waals surface area contributed by atoms with Crippen LogP contribution in [-0.4, -0.2) is 24.0 Å². The van der Waals surface area contributed by atoms with Gasteiger partial charge in [0.15, 0.2) is 0 Å². The van der Waals surface area contributed by atoms with Crippen molar-refractivity contribution in [3.05, 3.63) is 174 Å². The van der Waals surface area contributed by atoms with E-state index >= 15 is 0 Å². The number of benzene rings is 8. The van der Waals surface area contributed by atoms with Gasteiger partial charge in [-0.05, 0) is 87.5 Å². The molecule has 0 saturated heterocycles. The largest absolute Gasteiger partial charge is 0.507 e. The SMILES string of the molecule is CC(C)(C)c1ccc(-n2c(-c3cc(C(C)(C)C)cc(C(C)(C)C)c3O)nc3c(-c4[c-]c5c(cc4)c4c6oc7ccccc7c6ccc4n4c6ccccc6nc54)cccc32)c(-c2ccccc2)c1.[Pt]. The van der Waals surface area contributed by atoms with Crippen LogP contribution in [0.4, 0.5) is 0 Å². The van der Waals surface area contributed by atoms with E-state index in [1.165, 1.54) is 5.56 Å². The molecule has 1 N–H and O–H groups in total. The Kier molecular flexibility index (Phi) is 10.2. The van der Waals surface area contributed by atoms with E-state index in [4.69, 9.17) is 14.4 Å². The van der Waals surface area contributed by atoms with E-state index in [0.717, 1.165) is 110 Å². The van der Waals surface area contributed by atoms with Gasteiger partial charge in [-0.2, -0.15) is 0 Å². The van der Waals surface area contributed by atoms with Crippen LogP contribution >= 0.6 is 0 Å². The molecule has 4 aromatic heterocycles. The number of pyridine rings is 1. The number of furan rings is 1. The Labute approximate surface area is 416 Å². The second kappa shape index (κ2) is 15.8. The molecule has 69 heavy (non-hydrogen) atoms. The van der Waals surface area contributed by atoms with Crippen LogP contribution in [0.1, 0.15) is 79.0 Å². The minimum atomic E-state index is -0.340. The molecule has 344 valence electrons. The molecule has 0 radical (unpaired) electrons. The zero-order chi connectivity index (χ0) is 47.0. The molecule has 0 fully saturated rings. The minimum absolute atomic E-state index is 0. The van der Waals surface area contributed by atoms with Crippen molar-refractivity contribution in [1.29, 1.82) is 0 Å². The molecule has 6 nitrogen and oxygen atoms in total. The molecular weight excluding hydrogens is 1030 g/mol. The molecule has 4 heterocycles. The van der Waals surface area contributed by atoms with Crippen LogP contribution in [0.25, 0.3) is 111 Å². The van der Waals surface area contributed by atoms with Crippen molar-refractivity contribution in [1.82, 2.24) is 18.9 Å². The van der Waals surface area contributed by atoms with Gasteiger partial charge in [-0.1, -0.05) is 164 Å². The summed E-state index contributed by atoms with van der Waals surface area (Å²) in [5.41, 5.74) is 15.5. The number of para-hydroxylation sites is 4. The minimum Gasteiger partial charge on any atom is -0.507 e. The maximum Gasteiger partial charge on any atom is 0.148 e. The first-order valence-electron chi connectivity index (χ1n) is 23.6. The van der Waals surface area contributed by atoms with Gasteiger partial charge in [0.1, 0.15) is 22.7 Å². The van der Waals surface area contributed by atoms with Crippen LogP contribution in [0.2, 0.25) is 0 Å². The van der Waals surface area contributed by atoms with Gasteiger partial charge in [0.2, 0.25) is 0 Å². The standard InChI is InChI=1S/C62H53N4O2.Pt/c1-60(2,3)38-27-30-49(44(33-38)36-18-11-10-12-19-36)65-52-24-17-21-40(55(52)64-59(65)46-34-39(61(4,5)6)35-47(56(46)67)62(7,8)9)37-26-28-42-45(32-37)58-63-48-22-14-15-23-50(48)66(58)51-31-29-43-41-20-13-16-25-53(41)68-57(43)54(42)51;/h10-31,33-35,67H,1-9H3;/q-1;. The first-order chi connectivity index (χ1) is 32.5. The fraction of sp³-hybridized carbons (Fsp3) is 0.194. The Bertz CT molecular complexity index is 4040. The smallest absolute Gasteiger partial charge is 0.148 e. The summed E-state index contributed by atoms with van der Waals surface area (Å²) in [6.45, 7) is 19.9. The summed E-state index contributed by atoms with van der Waals surface area (Å²) in [5.74, 6) is 0.911. The summed E-state index contributed by atoms with van der Waals surface area (Å²) in [6, 6.07) is 57.4. The monoisotopic (exact) mass is 1080 g/mol. The number of hydrogen-bond donors (Lipinski definition) is 1. The average molecular weight is 1080 g/mol. The maximum absolute atomic E-state index is 12.6. The van der Waals surface area contributed by atoms with Crippen LogP contribution in [0.15, 0.2) is 156 Å². The predicted octanol–water partition coefficient (Wildman–Crippen LogP) is 16.4. The number of rotatable bonds is 4.